The van der Waals surface area contributed by atoms with E-state index in [1.807, 2.05) is 36.5 Å². The molecule has 0 fully saturated rings. The number of furan rings is 1. The second-order valence-electron chi connectivity index (χ2n) is 5.74. The number of amides is 1. The molecule has 0 aliphatic carbocycles. The molecule has 4 aromatic rings. The second-order valence-corrected chi connectivity index (χ2v) is 6.67. The summed E-state index contributed by atoms with van der Waals surface area (Å²) in [5.74, 6) is 1.34. The number of carbonyl (C=O) groups excluding carboxylic acids is 1. The third kappa shape index (κ3) is 3.36. The Labute approximate surface area is 153 Å². The van der Waals surface area contributed by atoms with E-state index < -0.39 is 0 Å². The van der Waals surface area contributed by atoms with Gasteiger partial charge in [-0.15, -0.1) is 10.2 Å². The Hall–Kier alpha value is -3.00. The number of rotatable bonds is 6. The van der Waals surface area contributed by atoms with E-state index in [1.165, 1.54) is 11.8 Å². The summed E-state index contributed by atoms with van der Waals surface area (Å²) in [5.41, 5.74) is 1.85. The number of nitrogens with one attached hydrogen (secondary N) is 1. The summed E-state index contributed by atoms with van der Waals surface area (Å²) < 4.78 is 11.0. The summed E-state index contributed by atoms with van der Waals surface area (Å²) in [4.78, 5) is 17.0. The highest BCUT2D eigenvalue weighted by Crippen LogP contribution is 2.29. The highest BCUT2D eigenvalue weighted by Gasteiger charge is 2.16. The molecule has 7 nitrogen and oxygen atoms in total. The molecule has 1 aromatic carbocycles. The lowest BCUT2D eigenvalue weighted by Gasteiger charge is -2.14. The molecule has 3 aromatic heterocycles. The van der Waals surface area contributed by atoms with Crippen LogP contribution in [0.25, 0.3) is 22.4 Å². The van der Waals surface area contributed by atoms with Crippen molar-refractivity contribution in [3.8, 4) is 11.5 Å². The van der Waals surface area contributed by atoms with Crippen LogP contribution < -0.4 is 0 Å². The zero-order valence-electron chi connectivity index (χ0n) is 14.0. The van der Waals surface area contributed by atoms with E-state index in [1.54, 1.807) is 24.3 Å². The molecule has 0 aliphatic heterocycles. The van der Waals surface area contributed by atoms with Gasteiger partial charge in [0.25, 0.3) is 11.1 Å². The van der Waals surface area contributed by atoms with Crippen molar-refractivity contribution in [1.29, 1.82) is 0 Å². The van der Waals surface area contributed by atoms with Crippen molar-refractivity contribution >= 4 is 28.6 Å². The third-order valence-electron chi connectivity index (χ3n) is 3.94. The second kappa shape index (κ2) is 7.09. The number of hydrogen-bond acceptors (Lipinski definition) is 6. The fraction of sp³-hybridized carbons (Fsp3) is 0.167. The molecule has 0 saturated carbocycles. The maximum Gasteiger partial charge on any atom is 0.277 e. The highest BCUT2D eigenvalue weighted by molar-refractivity contribution is 7.99. The van der Waals surface area contributed by atoms with E-state index in [9.17, 15) is 4.79 Å². The van der Waals surface area contributed by atoms with Crippen LogP contribution in [0.1, 0.15) is 5.76 Å². The average Bonchev–Trinajstić information content (AvgIpc) is 3.39. The van der Waals surface area contributed by atoms with Crippen molar-refractivity contribution in [2.45, 2.75) is 11.8 Å². The number of H-pyrrole nitrogens is 1. The van der Waals surface area contributed by atoms with Crippen molar-refractivity contribution in [2.75, 3.05) is 12.8 Å². The predicted molar refractivity (Wildman–Crippen MR) is 97.5 cm³/mol. The van der Waals surface area contributed by atoms with Gasteiger partial charge in [0.05, 0.1) is 24.1 Å². The summed E-state index contributed by atoms with van der Waals surface area (Å²) in [7, 11) is 1.73. The average molecular weight is 368 g/mol. The lowest BCUT2D eigenvalue weighted by Crippen LogP contribution is -2.27. The first kappa shape index (κ1) is 16.5. The minimum atomic E-state index is -0.0433. The van der Waals surface area contributed by atoms with Gasteiger partial charge in [0.2, 0.25) is 5.91 Å². The van der Waals surface area contributed by atoms with Gasteiger partial charge < -0.3 is 18.7 Å². The highest BCUT2D eigenvalue weighted by atomic mass is 32.2. The van der Waals surface area contributed by atoms with Gasteiger partial charge in [0.15, 0.2) is 0 Å². The molecule has 0 bridgehead atoms. The van der Waals surface area contributed by atoms with Crippen molar-refractivity contribution in [2.24, 2.45) is 0 Å². The number of carbonyl (C=O) groups is 1. The van der Waals surface area contributed by atoms with Crippen molar-refractivity contribution in [3.05, 3.63) is 54.6 Å². The molecule has 0 aliphatic rings. The summed E-state index contributed by atoms with van der Waals surface area (Å²) in [6, 6.07) is 11.5. The van der Waals surface area contributed by atoms with Crippen LogP contribution in [-0.4, -0.2) is 38.8 Å². The lowest BCUT2D eigenvalue weighted by atomic mass is 10.2. The van der Waals surface area contributed by atoms with Crippen LogP contribution in [0.5, 0.6) is 0 Å². The van der Waals surface area contributed by atoms with E-state index in [4.69, 9.17) is 8.83 Å². The zero-order valence-corrected chi connectivity index (χ0v) is 14.8. The maximum atomic E-state index is 12.2. The maximum absolute atomic E-state index is 12.2. The number of para-hydroxylation sites is 1. The standard InChI is InChI=1S/C18H16N4O3S/c1-22(10-12-5-4-8-24-12)16(23)11-26-18-21-20-17(25-18)14-9-19-15-7-3-2-6-13(14)15/h2-9,19H,10-11H2,1H3. The molecule has 0 unspecified atom stereocenters. The first-order valence-corrected chi connectivity index (χ1v) is 8.98. The molecule has 26 heavy (non-hydrogen) atoms. The smallest absolute Gasteiger partial charge is 0.277 e. The number of thioether (sulfide) groups is 1. The van der Waals surface area contributed by atoms with Crippen molar-refractivity contribution in [3.63, 3.8) is 0 Å². The molecule has 0 radical (unpaired) electrons. The lowest BCUT2D eigenvalue weighted by molar-refractivity contribution is -0.127. The van der Waals surface area contributed by atoms with E-state index in [0.717, 1.165) is 22.2 Å². The normalized spacial score (nSPS) is 11.1. The van der Waals surface area contributed by atoms with Crippen LogP contribution in [-0.2, 0) is 11.3 Å². The summed E-state index contributed by atoms with van der Waals surface area (Å²) in [6.07, 6.45) is 3.43. The number of aromatic amines is 1. The Balaban J connectivity index is 1.40. The molecule has 4 rings (SSSR count). The number of aromatic nitrogens is 3. The van der Waals surface area contributed by atoms with Crippen molar-refractivity contribution in [1.82, 2.24) is 20.1 Å². The largest absolute Gasteiger partial charge is 0.467 e. The van der Waals surface area contributed by atoms with Gasteiger partial charge in [-0.25, -0.2) is 0 Å². The fourth-order valence-corrected chi connectivity index (χ4v) is 3.29. The summed E-state index contributed by atoms with van der Waals surface area (Å²) in [5, 5.41) is 9.51. The SMILES string of the molecule is CN(Cc1ccco1)C(=O)CSc1nnc(-c2c[nH]c3ccccc23)o1. The van der Waals surface area contributed by atoms with Crippen molar-refractivity contribution < 1.29 is 13.6 Å². The van der Waals surface area contributed by atoms with Crippen LogP contribution in [0.3, 0.4) is 0 Å². The van der Waals surface area contributed by atoms with Crippen LogP contribution in [0, 0.1) is 0 Å². The number of nitrogens with zero attached hydrogens (tertiary/aromatic N) is 3. The monoisotopic (exact) mass is 368 g/mol. The van der Waals surface area contributed by atoms with Crippen LogP contribution >= 0.6 is 11.8 Å². The minimum absolute atomic E-state index is 0.0433. The van der Waals surface area contributed by atoms with Gasteiger partial charge in [-0.1, -0.05) is 30.0 Å². The fourth-order valence-electron chi connectivity index (χ4n) is 2.58. The molecule has 1 amide bonds. The minimum Gasteiger partial charge on any atom is -0.467 e. The Morgan fingerprint density at radius 1 is 1.23 bits per heavy atom. The summed E-state index contributed by atoms with van der Waals surface area (Å²) >= 11 is 1.22. The number of hydrogen-bond donors (Lipinski definition) is 1. The molecule has 132 valence electrons. The topological polar surface area (TPSA) is 88.2 Å². The molecular weight excluding hydrogens is 352 g/mol. The Morgan fingerprint density at radius 2 is 2.12 bits per heavy atom. The number of fused-ring (bicyclic) bond motifs is 1. The molecule has 3 heterocycles. The number of benzene rings is 1. The van der Waals surface area contributed by atoms with Gasteiger partial charge in [0, 0.05) is 24.1 Å². The van der Waals surface area contributed by atoms with E-state index in [-0.39, 0.29) is 11.7 Å². The molecule has 1 N–H and O–H groups in total. The van der Waals surface area contributed by atoms with E-state index in [0.29, 0.717) is 17.7 Å². The van der Waals surface area contributed by atoms with Gasteiger partial charge >= 0.3 is 0 Å². The summed E-state index contributed by atoms with van der Waals surface area (Å²) in [6.45, 7) is 0.427. The van der Waals surface area contributed by atoms with Gasteiger partial charge in [-0.2, -0.15) is 0 Å². The molecule has 0 spiro atoms. The van der Waals surface area contributed by atoms with E-state index in [2.05, 4.69) is 15.2 Å². The third-order valence-corrected chi connectivity index (χ3v) is 4.75. The van der Waals surface area contributed by atoms with E-state index >= 15 is 0 Å². The molecule has 8 heteroatoms. The zero-order chi connectivity index (χ0) is 17.9. The predicted octanol–water partition coefficient (Wildman–Crippen LogP) is 3.56. The van der Waals surface area contributed by atoms with Gasteiger partial charge in [0.1, 0.15) is 5.76 Å². The Kier molecular flexibility index (Phi) is 4.49. The Morgan fingerprint density at radius 3 is 2.96 bits per heavy atom. The molecular formula is C18H16N4O3S. The quantitative estimate of drug-likeness (QED) is 0.524. The van der Waals surface area contributed by atoms with Gasteiger partial charge in [-0.05, 0) is 18.2 Å². The van der Waals surface area contributed by atoms with Crippen LogP contribution in [0.4, 0.5) is 0 Å². The Bertz CT molecular complexity index is 1020. The molecule has 0 saturated heterocycles. The van der Waals surface area contributed by atoms with Gasteiger partial charge in [-0.3, -0.25) is 4.79 Å². The van der Waals surface area contributed by atoms with Crippen LogP contribution in [0.2, 0.25) is 0 Å². The van der Waals surface area contributed by atoms with Crippen LogP contribution in [0.15, 0.2) is 62.9 Å². The first-order chi connectivity index (χ1) is 12.7. The molecule has 0 atom stereocenters. The first-order valence-electron chi connectivity index (χ1n) is 8.00.